The van der Waals surface area contributed by atoms with Crippen molar-refractivity contribution in [3.63, 3.8) is 0 Å². The molecule has 1 aliphatic carbocycles. The van der Waals surface area contributed by atoms with Crippen LogP contribution in [0.5, 0.6) is 0 Å². The molecule has 0 aliphatic heterocycles. The highest BCUT2D eigenvalue weighted by Gasteiger charge is 2.31. The Kier molecular flexibility index (Phi) is 4.28. The second-order valence-electron chi connectivity index (χ2n) is 4.90. The maximum absolute atomic E-state index is 5.90. The van der Waals surface area contributed by atoms with Gasteiger partial charge in [0, 0.05) is 23.3 Å². The normalized spacial score (nSPS) is 19.1. The van der Waals surface area contributed by atoms with E-state index in [9.17, 15) is 0 Å². The summed E-state index contributed by atoms with van der Waals surface area (Å²) in [6.07, 6.45) is 6.95. The molecule has 3 heteroatoms. The quantitative estimate of drug-likeness (QED) is 0.821. The van der Waals surface area contributed by atoms with Gasteiger partial charge in [0.1, 0.15) is 0 Å². The number of hydrogen-bond acceptors (Lipinski definition) is 2. The van der Waals surface area contributed by atoms with E-state index in [0.29, 0.717) is 5.41 Å². The first-order valence-electron chi connectivity index (χ1n) is 6.18. The molecular weight excluding hydrogens is 238 g/mol. The number of nitrogens with one attached hydrogen (secondary N) is 1. The largest absolute Gasteiger partial charge is 0.311 e. The molecule has 1 aromatic rings. The molecule has 1 aromatic heterocycles. The van der Waals surface area contributed by atoms with Gasteiger partial charge < -0.3 is 5.32 Å². The molecule has 16 heavy (non-hydrogen) atoms. The van der Waals surface area contributed by atoms with Crippen molar-refractivity contribution in [3.05, 3.63) is 21.3 Å². The second kappa shape index (κ2) is 5.52. The molecule has 0 amide bonds. The van der Waals surface area contributed by atoms with Gasteiger partial charge in [0.25, 0.3) is 0 Å². The van der Waals surface area contributed by atoms with Crippen molar-refractivity contribution in [2.45, 2.75) is 45.6 Å². The van der Waals surface area contributed by atoms with Crippen LogP contribution in [0.2, 0.25) is 5.02 Å². The van der Waals surface area contributed by atoms with E-state index in [1.165, 1.54) is 43.5 Å². The third kappa shape index (κ3) is 2.99. The first-order chi connectivity index (χ1) is 7.74. The topological polar surface area (TPSA) is 12.0 Å². The summed E-state index contributed by atoms with van der Waals surface area (Å²) in [6, 6.07) is 2.06. The minimum absolute atomic E-state index is 0.584. The van der Waals surface area contributed by atoms with Gasteiger partial charge in [-0.15, -0.1) is 11.3 Å². The Hall–Kier alpha value is -0.0500. The Morgan fingerprint density at radius 2 is 2.19 bits per heavy atom. The number of thiophene rings is 1. The van der Waals surface area contributed by atoms with Crippen LogP contribution in [-0.4, -0.2) is 6.54 Å². The first kappa shape index (κ1) is 12.4. The van der Waals surface area contributed by atoms with Crippen LogP contribution in [0.4, 0.5) is 0 Å². The molecule has 1 heterocycles. The molecule has 2 rings (SSSR count). The highest BCUT2D eigenvalue weighted by Crippen LogP contribution is 2.40. The van der Waals surface area contributed by atoms with E-state index in [-0.39, 0.29) is 0 Å². The predicted molar refractivity (Wildman–Crippen MR) is 72.2 cm³/mol. The maximum Gasteiger partial charge on any atom is 0.0516 e. The average Bonchev–Trinajstić information content (AvgIpc) is 2.89. The van der Waals surface area contributed by atoms with Crippen molar-refractivity contribution >= 4 is 22.9 Å². The van der Waals surface area contributed by atoms with Gasteiger partial charge in [-0.25, -0.2) is 0 Å². The van der Waals surface area contributed by atoms with Gasteiger partial charge in [-0.05, 0) is 30.7 Å². The summed E-state index contributed by atoms with van der Waals surface area (Å²) in [5.41, 5.74) is 0.584. The van der Waals surface area contributed by atoms with Gasteiger partial charge in [-0.2, -0.15) is 0 Å². The Balaban J connectivity index is 1.78. The molecule has 90 valence electrons. The smallest absolute Gasteiger partial charge is 0.0516 e. The van der Waals surface area contributed by atoms with Crippen molar-refractivity contribution in [3.8, 4) is 0 Å². The molecule has 0 bridgehead atoms. The Morgan fingerprint density at radius 3 is 2.75 bits per heavy atom. The Morgan fingerprint density at radius 1 is 1.44 bits per heavy atom. The van der Waals surface area contributed by atoms with E-state index in [1.807, 2.05) is 5.38 Å². The van der Waals surface area contributed by atoms with Crippen LogP contribution in [0.15, 0.2) is 11.4 Å². The molecule has 0 unspecified atom stereocenters. The molecule has 1 N–H and O–H groups in total. The zero-order valence-corrected chi connectivity index (χ0v) is 11.5. The van der Waals surface area contributed by atoms with Gasteiger partial charge in [-0.1, -0.05) is 31.4 Å². The standard InChI is InChI=1S/C13H20ClNS/c1-2-13(5-3-4-6-13)10-15-8-12-7-11(14)9-16-12/h7,9,15H,2-6,8,10H2,1H3. The van der Waals surface area contributed by atoms with Crippen molar-refractivity contribution in [2.75, 3.05) is 6.54 Å². The summed E-state index contributed by atoms with van der Waals surface area (Å²) in [5, 5.41) is 6.47. The van der Waals surface area contributed by atoms with Crippen molar-refractivity contribution in [2.24, 2.45) is 5.41 Å². The predicted octanol–water partition coefficient (Wildman–Crippen LogP) is 4.46. The van der Waals surface area contributed by atoms with Gasteiger partial charge >= 0.3 is 0 Å². The summed E-state index contributed by atoms with van der Waals surface area (Å²) in [7, 11) is 0. The summed E-state index contributed by atoms with van der Waals surface area (Å²) >= 11 is 7.65. The Bertz CT molecular complexity index is 328. The summed E-state index contributed by atoms with van der Waals surface area (Å²) < 4.78 is 0. The van der Waals surface area contributed by atoms with Crippen LogP contribution < -0.4 is 5.32 Å². The van der Waals surface area contributed by atoms with Crippen molar-refractivity contribution in [1.82, 2.24) is 5.32 Å². The molecule has 1 fully saturated rings. The van der Waals surface area contributed by atoms with Crippen LogP contribution in [0.1, 0.15) is 43.9 Å². The monoisotopic (exact) mass is 257 g/mol. The molecule has 0 radical (unpaired) electrons. The first-order valence-corrected chi connectivity index (χ1v) is 7.43. The van der Waals surface area contributed by atoms with Gasteiger partial charge in [0.05, 0.1) is 5.02 Å². The van der Waals surface area contributed by atoms with E-state index in [4.69, 9.17) is 11.6 Å². The minimum Gasteiger partial charge on any atom is -0.311 e. The van der Waals surface area contributed by atoms with Gasteiger partial charge in [0.15, 0.2) is 0 Å². The SMILES string of the molecule is CCC1(CNCc2cc(Cl)cs2)CCCC1. The van der Waals surface area contributed by atoms with Crippen molar-refractivity contribution < 1.29 is 0 Å². The fraction of sp³-hybridized carbons (Fsp3) is 0.692. The van der Waals surface area contributed by atoms with Crippen LogP contribution in [-0.2, 0) is 6.54 Å². The summed E-state index contributed by atoms with van der Waals surface area (Å²) in [4.78, 5) is 1.34. The fourth-order valence-corrected chi connectivity index (χ4v) is 3.72. The lowest BCUT2D eigenvalue weighted by molar-refractivity contribution is 0.268. The van der Waals surface area contributed by atoms with E-state index in [1.54, 1.807) is 11.3 Å². The summed E-state index contributed by atoms with van der Waals surface area (Å²) in [6.45, 7) is 4.47. The highest BCUT2D eigenvalue weighted by molar-refractivity contribution is 7.10. The van der Waals surface area contributed by atoms with Crippen LogP contribution in [0.25, 0.3) is 0 Å². The van der Waals surface area contributed by atoms with Gasteiger partial charge in [0.2, 0.25) is 0 Å². The molecular formula is C13H20ClNS. The molecule has 0 atom stereocenters. The second-order valence-corrected chi connectivity index (χ2v) is 6.33. The molecule has 0 aromatic carbocycles. The van der Waals surface area contributed by atoms with Crippen molar-refractivity contribution in [1.29, 1.82) is 0 Å². The fourth-order valence-electron chi connectivity index (χ4n) is 2.68. The summed E-state index contributed by atoms with van der Waals surface area (Å²) in [5.74, 6) is 0. The number of halogens is 1. The molecule has 1 saturated carbocycles. The average molecular weight is 258 g/mol. The molecule has 0 saturated heterocycles. The Labute approximate surface area is 107 Å². The van der Waals surface area contributed by atoms with E-state index < -0.39 is 0 Å². The maximum atomic E-state index is 5.90. The van der Waals surface area contributed by atoms with Crippen LogP contribution in [0, 0.1) is 5.41 Å². The lowest BCUT2D eigenvalue weighted by Crippen LogP contribution is -2.31. The zero-order chi connectivity index (χ0) is 11.4. The van der Waals surface area contributed by atoms with E-state index in [0.717, 1.165) is 11.6 Å². The van der Waals surface area contributed by atoms with E-state index >= 15 is 0 Å². The zero-order valence-electron chi connectivity index (χ0n) is 9.89. The third-order valence-corrected chi connectivity index (χ3v) is 5.12. The van der Waals surface area contributed by atoms with E-state index in [2.05, 4.69) is 18.3 Å². The van der Waals surface area contributed by atoms with Gasteiger partial charge in [-0.3, -0.25) is 0 Å². The lowest BCUT2D eigenvalue weighted by atomic mass is 9.83. The molecule has 1 aliphatic rings. The van der Waals surface area contributed by atoms with Crippen LogP contribution >= 0.6 is 22.9 Å². The molecule has 0 spiro atoms. The van der Waals surface area contributed by atoms with Crippen LogP contribution in [0.3, 0.4) is 0 Å². The third-order valence-electron chi connectivity index (χ3n) is 3.84. The minimum atomic E-state index is 0.584. The highest BCUT2D eigenvalue weighted by atomic mass is 35.5. The number of rotatable bonds is 5. The number of hydrogen-bond donors (Lipinski definition) is 1. The lowest BCUT2D eigenvalue weighted by Gasteiger charge is -2.27. The molecule has 1 nitrogen and oxygen atoms in total.